The van der Waals surface area contributed by atoms with E-state index in [1.807, 2.05) is 0 Å². The lowest BCUT2D eigenvalue weighted by atomic mass is 10.1. The predicted molar refractivity (Wildman–Crippen MR) is 83.2 cm³/mol. The molecule has 7 heteroatoms. The fourth-order valence-electron chi connectivity index (χ4n) is 1.66. The molecular weight excluding hydrogens is 396 g/mol. The Balaban J connectivity index is 2.11. The first-order valence-electron chi connectivity index (χ1n) is 5.86. The third-order valence-electron chi connectivity index (χ3n) is 2.58. The molecule has 0 aliphatic carbocycles. The summed E-state index contributed by atoms with van der Waals surface area (Å²) in [6.07, 6.45) is -4.52. The third-order valence-corrected chi connectivity index (χ3v) is 3.30. The number of anilines is 2. The van der Waals surface area contributed by atoms with E-state index >= 15 is 0 Å². The van der Waals surface area contributed by atoms with Crippen LogP contribution in [0.15, 0.2) is 48.5 Å². The number of para-hydroxylation sites is 1. The third kappa shape index (κ3) is 4.35. The second-order valence-corrected chi connectivity index (χ2v) is 5.37. The normalized spacial score (nSPS) is 11.0. The van der Waals surface area contributed by atoms with Gasteiger partial charge in [0.1, 0.15) is 0 Å². The Morgan fingerprint density at radius 1 is 0.952 bits per heavy atom. The van der Waals surface area contributed by atoms with E-state index in [-0.39, 0.29) is 5.69 Å². The molecule has 0 atom stereocenters. The summed E-state index contributed by atoms with van der Waals surface area (Å²) in [6.45, 7) is 0. The molecule has 0 heterocycles. The summed E-state index contributed by atoms with van der Waals surface area (Å²) in [7, 11) is 0. The molecule has 2 N–H and O–H groups in total. The zero-order chi connectivity index (χ0) is 15.5. The van der Waals surface area contributed by atoms with E-state index in [1.54, 1.807) is 24.3 Å². The number of carbonyl (C=O) groups excluding carboxylic acids is 1. The van der Waals surface area contributed by atoms with Crippen LogP contribution >= 0.6 is 22.6 Å². The van der Waals surface area contributed by atoms with Crippen LogP contribution in [0, 0.1) is 3.57 Å². The Labute approximate surface area is 132 Å². The van der Waals surface area contributed by atoms with E-state index in [4.69, 9.17) is 0 Å². The number of alkyl halides is 3. The Hall–Kier alpha value is -1.77. The van der Waals surface area contributed by atoms with Crippen molar-refractivity contribution in [1.82, 2.24) is 0 Å². The van der Waals surface area contributed by atoms with Crippen LogP contribution in [0.4, 0.5) is 29.3 Å². The van der Waals surface area contributed by atoms with Crippen LogP contribution in [-0.2, 0) is 6.18 Å². The van der Waals surface area contributed by atoms with Gasteiger partial charge in [0.05, 0.1) is 11.3 Å². The SMILES string of the molecule is O=C(Nc1ccc(I)cc1)Nc1ccccc1C(F)(F)F. The van der Waals surface area contributed by atoms with Gasteiger partial charge in [-0.25, -0.2) is 4.79 Å². The smallest absolute Gasteiger partial charge is 0.308 e. The van der Waals surface area contributed by atoms with Crippen molar-refractivity contribution >= 4 is 40.0 Å². The van der Waals surface area contributed by atoms with Crippen LogP contribution in [0.2, 0.25) is 0 Å². The summed E-state index contributed by atoms with van der Waals surface area (Å²) in [6, 6.07) is 11.0. The van der Waals surface area contributed by atoms with Gasteiger partial charge in [-0.2, -0.15) is 13.2 Å². The topological polar surface area (TPSA) is 41.1 Å². The number of amides is 2. The van der Waals surface area contributed by atoms with Crippen molar-refractivity contribution in [3.8, 4) is 0 Å². The molecule has 0 spiro atoms. The molecule has 0 bridgehead atoms. The first-order valence-corrected chi connectivity index (χ1v) is 6.94. The minimum absolute atomic E-state index is 0.284. The molecule has 110 valence electrons. The highest BCUT2D eigenvalue weighted by molar-refractivity contribution is 14.1. The largest absolute Gasteiger partial charge is 0.418 e. The van der Waals surface area contributed by atoms with E-state index in [1.165, 1.54) is 18.2 Å². The zero-order valence-electron chi connectivity index (χ0n) is 10.5. The molecule has 0 saturated carbocycles. The highest BCUT2D eigenvalue weighted by Crippen LogP contribution is 2.34. The van der Waals surface area contributed by atoms with Crippen LogP contribution in [0.1, 0.15) is 5.56 Å². The maximum absolute atomic E-state index is 12.8. The lowest BCUT2D eigenvalue weighted by Crippen LogP contribution is -2.21. The van der Waals surface area contributed by atoms with Gasteiger partial charge in [0.25, 0.3) is 0 Å². The molecule has 0 unspecified atom stereocenters. The van der Waals surface area contributed by atoms with E-state index in [0.29, 0.717) is 5.69 Å². The molecule has 2 aromatic carbocycles. The summed E-state index contributed by atoms with van der Waals surface area (Å²) in [4.78, 5) is 11.8. The fraction of sp³-hybridized carbons (Fsp3) is 0.0714. The summed E-state index contributed by atoms with van der Waals surface area (Å²) in [5.74, 6) is 0. The molecule has 0 saturated heterocycles. The number of halogens is 4. The average molecular weight is 406 g/mol. The second-order valence-electron chi connectivity index (χ2n) is 4.13. The summed E-state index contributed by atoms with van der Waals surface area (Å²) in [5, 5.41) is 4.68. The lowest BCUT2D eigenvalue weighted by molar-refractivity contribution is -0.136. The fourth-order valence-corrected chi connectivity index (χ4v) is 2.02. The van der Waals surface area contributed by atoms with Crippen LogP contribution < -0.4 is 10.6 Å². The molecule has 21 heavy (non-hydrogen) atoms. The maximum Gasteiger partial charge on any atom is 0.418 e. The van der Waals surface area contributed by atoms with Crippen molar-refractivity contribution in [3.05, 3.63) is 57.7 Å². The van der Waals surface area contributed by atoms with E-state index in [9.17, 15) is 18.0 Å². The van der Waals surface area contributed by atoms with Gasteiger partial charge in [-0.1, -0.05) is 12.1 Å². The van der Waals surface area contributed by atoms with Gasteiger partial charge in [0, 0.05) is 9.26 Å². The molecule has 2 aromatic rings. The van der Waals surface area contributed by atoms with E-state index in [2.05, 4.69) is 33.2 Å². The van der Waals surface area contributed by atoms with Crippen molar-refractivity contribution in [2.24, 2.45) is 0 Å². The minimum Gasteiger partial charge on any atom is -0.308 e. The van der Waals surface area contributed by atoms with Crippen molar-refractivity contribution in [2.75, 3.05) is 10.6 Å². The number of hydrogen-bond donors (Lipinski definition) is 2. The summed E-state index contributed by atoms with van der Waals surface area (Å²) in [5.41, 5.74) is -0.673. The summed E-state index contributed by atoms with van der Waals surface area (Å²) < 4.78 is 39.4. The molecule has 0 aliphatic rings. The number of rotatable bonds is 2. The molecule has 2 rings (SSSR count). The van der Waals surface area contributed by atoms with Gasteiger partial charge in [-0.05, 0) is 59.0 Å². The van der Waals surface area contributed by atoms with Crippen LogP contribution in [0.5, 0.6) is 0 Å². The van der Waals surface area contributed by atoms with Gasteiger partial charge in [-0.15, -0.1) is 0 Å². The van der Waals surface area contributed by atoms with E-state index in [0.717, 1.165) is 9.64 Å². The van der Waals surface area contributed by atoms with Crippen molar-refractivity contribution in [2.45, 2.75) is 6.18 Å². The highest BCUT2D eigenvalue weighted by atomic mass is 127. The first kappa shape index (κ1) is 15.6. The van der Waals surface area contributed by atoms with Crippen LogP contribution in [0.25, 0.3) is 0 Å². The van der Waals surface area contributed by atoms with Gasteiger partial charge >= 0.3 is 12.2 Å². The Morgan fingerprint density at radius 3 is 2.19 bits per heavy atom. The highest BCUT2D eigenvalue weighted by Gasteiger charge is 2.33. The molecule has 0 fully saturated rings. The number of nitrogens with one attached hydrogen (secondary N) is 2. The second kappa shape index (κ2) is 6.33. The van der Waals surface area contributed by atoms with Crippen LogP contribution in [0.3, 0.4) is 0 Å². The first-order chi connectivity index (χ1) is 9.86. The monoisotopic (exact) mass is 406 g/mol. The minimum atomic E-state index is -4.52. The number of urea groups is 1. The van der Waals surface area contributed by atoms with E-state index < -0.39 is 17.8 Å². The molecule has 3 nitrogen and oxygen atoms in total. The molecule has 0 aromatic heterocycles. The van der Waals surface area contributed by atoms with Crippen LogP contribution in [-0.4, -0.2) is 6.03 Å². The number of carbonyl (C=O) groups is 1. The van der Waals surface area contributed by atoms with Gasteiger partial charge in [-0.3, -0.25) is 0 Å². The standard InChI is InChI=1S/C14H10F3IN2O/c15-14(16,17)11-3-1-2-4-12(11)20-13(21)19-10-7-5-9(18)6-8-10/h1-8H,(H2,19,20,21). The Bertz CT molecular complexity index is 641. The van der Waals surface area contributed by atoms with Gasteiger partial charge < -0.3 is 10.6 Å². The molecule has 0 radical (unpaired) electrons. The van der Waals surface area contributed by atoms with Crippen molar-refractivity contribution < 1.29 is 18.0 Å². The average Bonchev–Trinajstić information content (AvgIpc) is 2.41. The summed E-state index contributed by atoms with van der Waals surface area (Å²) >= 11 is 2.11. The maximum atomic E-state index is 12.8. The predicted octanol–water partition coefficient (Wildman–Crippen LogP) is 4.95. The van der Waals surface area contributed by atoms with Crippen molar-refractivity contribution in [1.29, 1.82) is 0 Å². The quantitative estimate of drug-likeness (QED) is 0.681. The molecule has 0 aliphatic heterocycles. The molecular formula is C14H10F3IN2O. The number of hydrogen-bond acceptors (Lipinski definition) is 1. The Kier molecular flexibility index (Phi) is 4.71. The zero-order valence-corrected chi connectivity index (χ0v) is 12.7. The van der Waals surface area contributed by atoms with Gasteiger partial charge in [0.2, 0.25) is 0 Å². The number of benzene rings is 2. The lowest BCUT2D eigenvalue weighted by Gasteiger charge is -2.14. The van der Waals surface area contributed by atoms with Crippen molar-refractivity contribution in [3.63, 3.8) is 0 Å². The van der Waals surface area contributed by atoms with Gasteiger partial charge in [0.15, 0.2) is 0 Å². The molecule has 2 amide bonds. The Morgan fingerprint density at radius 2 is 1.57 bits per heavy atom.